The van der Waals surface area contributed by atoms with Crippen LogP contribution in [0.4, 0.5) is 5.69 Å². The van der Waals surface area contributed by atoms with E-state index in [1.54, 1.807) is 12.1 Å². The highest BCUT2D eigenvalue weighted by Gasteiger charge is 2.34. The van der Waals surface area contributed by atoms with Crippen LogP contribution in [-0.4, -0.2) is 37.3 Å². The van der Waals surface area contributed by atoms with Gasteiger partial charge >= 0.3 is 5.97 Å². The molecule has 3 N–H and O–H groups in total. The second-order valence-corrected chi connectivity index (χ2v) is 4.25. The summed E-state index contributed by atoms with van der Waals surface area (Å²) >= 11 is 0. The molecule has 3 atom stereocenters. The van der Waals surface area contributed by atoms with Crippen LogP contribution in [0.2, 0.25) is 0 Å². The molecule has 8 nitrogen and oxygen atoms in total. The van der Waals surface area contributed by atoms with E-state index in [4.69, 9.17) is 4.74 Å². The number of hydrogen-bond acceptors (Lipinski definition) is 6. The maximum Gasteiger partial charge on any atom is 0.331 e. The monoisotopic (exact) mass is 298 g/mol. The summed E-state index contributed by atoms with van der Waals surface area (Å²) in [7, 11) is 2.49. The van der Waals surface area contributed by atoms with E-state index in [0.29, 0.717) is 0 Å². The van der Waals surface area contributed by atoms with Gasteiger partial charge in [0.15, 0.2) is 11.7 Å². The van der Waals surface area contributed by atoms with Gasteiger partial charge in [-0.15, -0.1) is 0 Å². The summed E-state index contributed by atoms with van der Waals surface area (Å²) in [6, 6.07) is 4.96. The molecular formula is C13H18N2O6. The molecule has 0 radical (unpaired) electrons. The van der Waals surface area contributed by atoms with Crippen LogP contribution in [0.25, 0.3) is 0 Å². The number of benzene rings is 1. The van der Waals surface area contributed by atoms with E-state index in [1.165, 1.54) is 33.3 Å². The van der Waals surface area contributed by atoms with E-state index < -0.39 is 29.2 Å². The smallest absolute Gasteiger partial charge is 0.331 e. The Morgan fingerprint density at radius 1 is 1.33 bits per heavy atom. The van der Waals surface area contributed by atoms with Crippen molar-refractivity contribution in [3.05, 3.63) is 35.0 Å². The quantitative estimate of drug-likeness (QED) is 0.480. The van der Waals surface area contributed by atoms with Gasteiger partial charge in [-0.25, -0.2) is 10.0 Å². The van der Waals surface area contributed by atoms with Gasteiger partial charge in [-0.1, -0.05) is 18.2 Å². The molecule has 0 aliphatic heterocycles. The molecule has 1 aromatic carbocycles. The van der Waals surface area contributed by atoms with Gasteiger partial charge in [-0.3, -0.25) is 4.79 Å². The van der Waals surface area contributed by atoms with Gasteiger partial charge in [0.05, 0.1) is 7.11 Å². The van der Waals surface area contributed by atoms with Crippen molar-refractivity contribution in [1.29, 1.82) is 0 Å². The molecule has 116 valence electrons. The van der Waals surface area contributed by atoms with Crippen molar-refractivity contribution in [3.8, 4) is 0 Å². The fourth-order valence-electron chi connectivity index (χ4n) is 1.99. The maximum absolute atomic E-state index is 11.8. The number of nitrogens with one attached hydrogen (secondary N) is 2. The number of para-hydroxylation sites is 1. The highest BCUT2D eigenvalue weighted by Crippen LogP contribution is 2.26. The van der Waals surface area contributed by atoms with Gasteiger partial charge in [0.25, 0.3) is 0 Å². The van der Waals surface area contributed by atoms with Crippen LogP contribution in [0.15, 0.2) is 24.3 Å². The summed E-state index contributed by atoms with van der Waals surface area (Å²) in [5.74, 6) is -1.18. The average molecular weight is 298 g/mol. The molecule has 0 bridgehead atoms. The molecule has 1 amide bonds. The summed E-state index contributed by atoms with van der Waals surface area (Å²) in [5, 5.41) is 21.7. The van der Waals surface area contributed by atoms with Gasteiger partial charge in [0.2, 0.25) is 5.91 Å². The first-order valence-corrected chi connectivity index (χ1v) is 6.12. The first-order valence-electron chi connectivity index (χ1n) is 6.12. The zero-order valence-electron chi connectivity index (χ0n) is 12.0. The lowest BCUT2D eigenvalue weighted by atomic mass is 10.00. The van der Waals surface area contributed by atoms with E-state index in [0.717, 1.165) is 0 Å². The van der Waals surface area contributed by atoms with Gasteiger partial charge in [-0.05, 0) is 0 Å². The second-order valence-electron chi connectivity index (χ2n) is 4.25. The van der Waals surface area contributed by atoms with Gasteiger partial charge in [-0.2, -0.15) is 5.23 Å². The molecule has 0 aliphatic carbocycles. The summed E-state index contributed by atoms with van der Waals surface area (Å²) < 4.78 is 9.87. The molecule has 1 rings (SSSR count). The minimum atomic E-state index is -1.15. The van der Waals surface area contributed by atoms with Gasteiger partial charge in [0, 0.05) is 25.7 Å². The van der Waals surface area contributed by atoms with E-state index in [-0.39, 0.29) is 11.3 Å². The van der Waals surface area contributed by atoms with E-state index in [9.17, 15) is 20.0 Å². The molecule has 0 aliphatic rings. The minimum absolute atomic E-state index is 0.0106. The number of quaternary nitrogens is 1. The summed E-state index contributed by atoms with van der Waals surface area (Å²) in [5.41, 5.74) is 0.264. The second kappa shape index (κ2) is 7.70. The number of rotatable bonds is 6. The van der Waals surface area contributed by atoms with Crippen molar-refractivity contribution in [2.24, 2.45) is 0 Å². The lowest BCUT2D eigenvalue weighted by molar-refractivity contribution is -0.991. The van der Waals surface area contributed by atoms with Crippen LogP contribution in [0.5, 0.6) is 0 Å². The molecule has 0 heterocycles. The standard InChI is InChI=1S/C13H18N2O6/c1-8(16)14-11(13(17)21-3)12(20-2)9-6-4-5-7-10(9)15(18)19/h4-7,11-12,15,18H,1-3H3,(H,14,16). The largest absolute Gasteiger partial charge is 0.595 e. The van der Waals surface area contributed by atoms with E-state index in [2.05, 4.69) is 10.1 Å². The Bertz CT molecular complexity index is 505. The normalized spacial score (nSPS) is 14.9. The van der Waals surface area contributed by atoms with Crippen LogP contribution in [0.1, 0.15) is 18.6 Å². The van der Waals surface area contributed by atoms with Crippen molar-refractivity contribution in [3.63, 3.8) is 0 Å². The van der Waals surface area contributed by atoms with Crippen LogP contribution in [0.3, 0.4) is 0 Å². The number of esters is 1. The van der Waals surface area contributed by atoms with Crippen LogP contribution < -0.4 is 10.5 Å². The molecule has 1 aromatic rings. The first kappa shape index (κ1) is 17.1. The van der Waals surface area contributed by atoms with Crippen molar-refractivity contribution in [1.82, 2.24) is 5.32 Å². The zero-order valence-corrected chi connectivity index (χ0v) is 12.0. The maximum atomic E-state index is 11.8. The molecule has 0 fully saturated rings. The van der Waals surface area contributed by atoms with Crippen LogP contribution in [0, 0.1) is 5.21 Å². The molecular weight excluding hydrogens is 280 g/mol. The van der Waals surface area contributed by atoms with Gasteiger partial charge in [0.1, 0.15) is 6.10 Å². The number of methoxy groups -OCH3 is 2. The Labute approximate surface area is 121 Å². The fraction of sp³-hybridized carbons (Fsp3) is 0.385. The molecule has 0 spiro atoms. The number of hydrogen-bond donors (Lipinski definition) is 3. The Kier molecular flexibility index (Phi) is 6.25. The van der Waals surface area contributed by atoms with E-state index in [1.807, 2.05) is 0 Å². The molecule has 8 heteroatoms. The lowest BCUT2D eigenvalue weighted by Crippen LogP contribution is -2.99. The molecule has 0 saturated carbocycles. The van der Waals surface area contributed by atoms with Crippen LogP contribution >= 0.6 is 0 Å². The highest BCUT2D eigenvalue weighted by molar-refractivity contribution is 5.84. The number of amides is 1. The van der Waals surface area contributed by atoms with Crippen molar-refractivity contribution in [2.75, 3.05) is 14.2 Å². The predicted molar refractivity (Wildman–Crippen MR) is 71.6 cm³/mol. The van der Waals surface area contributed by atoms with Crippen molar-refractivity contribution >= 4 is 17.6 Å². The Hall–Kier alpha value is -2.00. The van der Waals surface area contributed by atoms with Crippen LogP contribution in [-0.2, 0) is 19.1 Å². The molecule has 0 aromatic heterocycles. The third-order valence-corrected chi connectivity index (χ3v) is 2.87. The zero-order chi connectivity index (χ0) is 16.0. The number of ether oxygens (including phenoxy) is 2. The average Bonchev–Trinajstić information content (AvgIpc) is 2.46. The van der Waals surface area contributed by atoms with Crippen molar-refractivity contribution < 1.29 is 29.5 Å². The molecule has 3 unspecified atom stereocenters. The minimum Gasteiger partial charge on any atom is -0.595 e. The summed E-state index contributed by atoms with van der Waals surface area (Å²) in [6.07, 6.45) is -0.978. The predicted octanol–water partition coefficient (Wildman–Crippen LogP) is -0.545. The Morgan fingerprint density at radius 3 is 2.43 bits per heavy atom. The first-order chi connectivity index (χ1) is 9.92. The number of carbonyl (C=O) groups is 2. The Balaban J connectivity index is 3.25. The number of carbonyl (C=O) groups excluding carboxylic acids is 2. The van der Waals surface area contributed by atoms with E-state index >= 15 is 0 Å². The summed E-state index contributed by atoms with van der Waals surface area (Å²) in [4.78, 5) is 23.1. The third kappa shape index (κ3) is 4.23. The lowest BCUT2D eigenvalue weighted by Gasteiger charge is -2.27. The van der Waals surface area contributed by atoms with Gasteiger partial charge < -0.3 is 20.0 Å². The highest BCUT2D eigenvalue weighted by atomic mass is 16.8. The summed E-state index contributed by atoms with van der Waals surface area (Å²) in [6.45, 7) is 1.24. The SMILES string of the molecule is COC(=O)C(NC(C)=O)C(OC)c1ccccc1[NH+]([O-])O. The fourth-order valence-corrected chi connectivity index (χ4v) is 1.99. The molecule has 21 heavy (non-hydrogen) atoms. The topological polar surface area (TPSA) is 112 Å². The Morgan fingerprint density at radius 2 is 1.95 bits per heavy atom. The third-order valence-electron chi connectivity index (χ3n) is 2.87. The molecule has 0 saturated heterocycles. The van der Waals surface area contributed by atoms with Crippen molar-refractivity contribution in [2.45, 2.75) is 19.1 Å².